The summed E-state index contributed by atoms with van der Waals surface area (Å²) in [4.78, 5) is 13.3. The molecule has 4 nitrogen and oxygen atoms in total. The summed E-state index contributed by atoms with van der Waals surface area (Å²) in [5, 5.41) is 0.765. The van der Waals surface area contributed by atoms with E-state index in [1.807, 2.05) is 24.3 Å². The van der Waals surface area contributed by atoms with Crippen LogP contribution in [-0.4, -0.2) is 43.2 Å². The van der Waals surface area contributed by atoms with Gasteiger partial charge in [-0.25, -0.2) is 0 Å². The summed E-state index contributed by atoms with van der Waals surface area (Å²) in [6.45, 7) is 3.00. The molecule has 0 aromatic heterocycles. The minimum Gasteiger partial charge on any atom is -0.367 e. The number of rotatable bonds is 5. The van der Waals surface area contributed by atoms with Crippen molar-refractivity contribution in [1.82, 2.24) is 4.90 Å². The topological polar surface area (TPSA) is 55.6 Å². The zero-order chi connectivity index (χ0) is 13.7. The van der Waals surface area contributed by atoms with Crippen molar-refractivity contribution in [3.63, 3.8) is 0 Å². The molecule has 1 amide bonds. The summed E-state index contributed by atoms with van der Waals surface area (Å²) in [6.07, 6.45) is 1.60. The summed E-state index contributed by atoms with van der Waals surface area (Å²) in [7, 11) is 0. The fourth-order valence-corrected chi connectivity index (χ4v) is 2.36. The Labute approximate surface area is 118 Å². The number of nitrogens with two attached hydrogens (primary N) is 1. The van der Waals surface area contributed by atoms with Gasteiger partial charge in [-0.3, -0.25) is 9.69 Å². The van der Waals surface area contributed by atoms with Gasteiger partial charge in [0, 0.05) is 18.1 Å². The number of aryl methyl sites for hydroxylation is 1. The highest BCUT2D eigenvalue weighted by Gasteiger charge is 2.24. The molecule has 1 aliphatic rings. The lowest BCUT2D eigenvalue weighted by atomic mass is 10.1. The standard InChI is InChI=1S/C14H19ClN2O2/c15-12-5-3-11(4-6-12)2-1-7-17-8-9-19-13(10-17)14(16)18/h3-6,13H,1-2,7-10H2,(H2,16,18). The van der Waals surface area contributed by atoms with E-state index in [2.05, 4.69) is 4.90 Å². The van der Waals surface area contributed by atoms with Crippen molar-refractivity contribution in [3.05, 3.63) is 34.9 Å². The van der Waals surface area contributed by atoms with Crippen LogP contribution >= 0.6 is 11.6 Å². The molecule has 1 aromatic carbocycles. The van der Waals surface area contributed by atoms with E-state index in [4.69, 9.17) is 22.1 Å². The number of hydrogen-bond acceptors (Lipinski definition) is 3. The van der Waals surface area contributed by atoms with Gasteiger partial charge >= 0.3 is 0 Å². The monoisotopic (exact) mass is 282 g/mol. The molecule has 0 saturated carbocycles. The quantitative estimate of drug-likeness (QED) is 0.889. The third-order valence-corrected chi connectivity index (χ3v) is 3.57. The first kappa shape index (κ1) is 14.3. The Bertz CT molecular complexity index is 422. The normalized spacial score (nSPS) is 20.4. The molecule has 1 saturated heterocycles. The Kier molecular flexibility index (Phi) is 5.19. The third kappa shape index (κ3) is 4.49. The van der Waals surface area contributed by atoms with Gasteiger partial charge in [0.1, 0.15) is 6.10 Å². The van der Waals surface area contributed by atoms with Gasteiger partial charge in [0.05, 0.1) is 6.61 Å². The Balaban J connectivity index is 1.73. The fraction of sp³-hybridized carbons (Fsp3) is 0.500. The zero-order valence-corrected chi connectivity index (χ0v) is 11.6. The molecule has 0 aliphatic carbocycles. The Hall–Kier alpha value is -1.10. The third-order valence-electron chi connectivity index (χ3n) is 3.32. The summed E-state index contributed by atoms with van der Waals surface area (Å²) in [5.74, 6) is -0.373. The van der Waals surface area contributed by atoms with E-state index in [-0.39, 0.29) is 5.91 Å². The van der Waals surface area contributed by atoms with Crippen molar-refractivity contribution in [1.29, 1.82) is 0 Å². The van der Waals surface area contributed by atoms with E-state index in [1.54, 1.807) is 0 Å². The number of primary amides is 1. The first-order valence-electron chi connectivity index (χ1n) is 6.53. The molecular formula is C14H19ClN2O2. The molecule has 2 N–H and O–H groups in total. The van der Waals surface area contributed by atoms with Crippen LogP contribution in [0.15, 0.2) is 24.3 Å². The predicted molar refractivity (Wildman–Crippen MR) is 75.1 cm³/mol. The maximum atomic E-state index is 11.1. The van der Waals surface area contributed by atoms with Crippen molar-refractivity contribution in [2.75, 3.05) is 26.2 Å². The van der Waals surface area contributed by atoms with Gasteiger partial charge in [0.15, 0.2) is 0 Å². The first-order chi connectivity index (χ1) is 9.15. The molecule has 1 unspecified atom stereocenters. The van der Waals surface area contributed by atoms with Gasteiger partial charge in [0.2, 0.25) is 5.91 Å². The molecule has 0 radical (unpaired) electrons. The van der Waals surface area contributed by atoms with Gasteiger partial charge in [0.25, 0.3) is 0 Å². The minimum atomic E-state index is -0.454. The van der Waals surface area contributed by atoms with Gasteiger partial charge in [-0.05, 0) is 37.1 Å². The molecule has 1 fully saturated rings. The smallest absolute Gasteiger partial charge is 0.247 e. The van der Waals surface area contributed by atoms with Crippen LogP contribution in [-0.2, 0) is 16.0 Å². The second-order valence-corrected chi connectivity index (χ2v) is 5.23. The molecular weight excluding hydrogens is 264 g/mol. The van der Waals surface area contributed by atoms with Crippen molar-refractivity contribution in [2.45, 2.75) is 18.9 Å². The lowest BCUT2D eigenvalue weighted by Gasteiger charge is -2.31. The van der Waals surface area contributed by atoms with E-state index < -0.39 is 6.10 Å². The molecule has 0 spiro atoms. The number of amides is 1. The number of nitrogens with zero attached hydrogens (tertiary/aromatic N) is 1. The number of hydrogen-bond donors (Lipinski definition) is 1. The largest absolute Gasteiger partial charge is 0.367 e. The first-order valence-corrected chi connectivity index (χ1v) is 6.90. The van der Waals surface area contributed by atoms with Crippen LogP contribution in [0.4, 0.5) is 0 Å². The lowest BCUT2D eigenvalue weighted by Crippen LogP contribution is -2.48. The Morgan fingerprint density at radius 1 is 1.42 bits per heavy atom. The van der Waals surface area contributed by atoms with Gasteiger partial charge in [-0.2, -0.15) is 0 Å². The summed E-state index contributed by atoms with van der Waals surface area (Å²) in [5.41, 5.74) is 6.54. The van der Waals surface area contributed by atoms with Crippen molar-refractivity contribution in [2.24, 2.45) is 5.73 Å². The highest BCUT2D eigenvalue weighted by molar-refractivity contribution is 6.30. The molecule has 19 heavy (non-hydrogen) atoms. The van der Waals surface area contributed by atoms with Crippen molar-refractivity contribution >= 4 is 17.5 Å². The van der Waals surface area contributed by atoms with Crippen LogP contribution in [0.25, 0.3) is 0 Å². The van der Waals surface area contributed by atoms with E-state index in [0.717, 1.165) is 31.0 Å². The second kappa shape index (κ2) is 6.89. The summed E-state index contributed by atoms with van der Waals surface area (Å²) in [6, 6.07) is 7.92. The lowest BCUT2D eigenvalue weighted by molar-refractivity contribution is -0.135. The minimum absolute atomic E-state index is 0.373. The number of benzene rings is 1. The molecule has 1 aliphatic heterocycles. The fourth-order valence-electron chi connectivity index (χ4n) is 2.24. The molecule has 1 aromatic rings. The average molecular weight is 283 g/mol. The summed E-state index contributed by atoms with van der Waals surface area (Å²) < 4.78 is 5.32. The second-order valence-electron chi connectivity index (χ2n) is 4.79. The molecule has 104 valence electrons. The van der Waals surface area contributed by atoms with Crippen LogP contribution in [0.5, 0.6) is 0 Å². The maximum Gasteiger partial charge on any atom is 0.247 e. The van der Waals surface area contributed by atoms with E-state index >= 15 is 0 Å². The van der Waals surface area contributed by atoms with Gasteiger partial charge < -0.3 is 10.5 Å². The predicted octanol–water partition coefficient (Wildman–Crippen LogP) is 1.46. The molecule has 5 heteroatoms. The van der Waals surface area contributed by atoms with Gasteiger partial charge in [-0.1, -0.05) is 23.7 Å². The molecule has 0 bridgehead atoms. The van der Waals surface area contributed by atoms with Crippen LogP contribution < -0.4 is 5.73 Å². The Morgan fingerprint density at radius 2 is 2.16 bits per heavy atom. The van der Waals surface area contributed by atoms with Crippen LogP contribution in [0.2, 0.25) is 5.02 Å². The molecule has 1 heterocycles. The summed E-state index contributed by atoms with van der Waals surface area (Å²) >= 11 is 5.85. The van der Waals surface area contributed by atoms with Crippen LogP contribution in [0.3, 0.4) is 0 Å². The highest BCUT2D eigenvalue weighted by atomic mass is 35.5. The van der Waals surface area contributed by atoms with Crippen molar-refractivity contribution in [3.8, 4) is 0 Å². The van der Waals surface area contributed by atoms with E-state index in [1.165, 1.54) is 5.56 Å². The molecule has 2 rings (SSSR count). The van der Waals surface area contributed by atoms with Crippen LogP contribution in [0.1, 0.15) is 12.0 Å². The number of carbonyl (C=O) groups is 1. The number of ether oxygens (including phenoxy) is 1. The SMILES string of the molecule is NC(=O)C1CN(CCCc2ccc(Cl)cc2)CCO1. The van der Waals surface area contributed by atoms with Crippen molar-refractivity contribution < 1.29 is 9.53 Å². The van der Waals surface area contributed by atoms with Gasteiger partial charge in [-0.15, -0.1) is 0 Å². The Morgan fingerprint density at radius 3 is 2.84 bits per heavy atom. The number of morpholine rings is 1. The average Bonchev–Trinajstić information content (AvgIpc) is 2.41. The van der Waals surface area contributed by atoms with E-state index in [9.17, 15) is 4.79 Å². The highest BCUT2D eigenvalue weighted by Crippen LogP contribution is 2.12. The van der Waals surface area contributed by atoms with Crippen LogP contribution in [0, 0.1) is 0 Å². The van der Waals surface area contributed by atoms with E-state index in [0.29, 0.717) is 13.2 Å². The molecule has 1 atom stereocenters. The number of halogens is 1. The number of carbonyl (C=O) groups excluding carboxylic acids is 1. The maximum absolute atomic E-state index is 11.1. The zero-order valence-electron chi connectivity index (χ0n) is 10.8.